The van der Waals surface area contributed by atoms with Crippen molar-refractivity contribution >= 4 is 17.5 Å². The maximum absolute atomic E-state index is 11.9. The van der Waals surface area contributed by atoms with Crippen molar-refractivity contribution in [3.63, 3.8) is 0 Å². The Labute approximate surface area is 157 Å². The van der Waals surface area contributed by atoms with Gasteiger partial charge in [-0.15, -0.1) is 0 Å². The molecule has 0 saturated carbocycles. The molecule has 140 valence electrons. The largest absolute Gasteiger partial charge is 0.456 e. The van der Waals surface area contributed by atoms with E-state index in [2.05, 4.69) is 16.7 Å². The van der Waals surface area contributed by atoms with Gasteiger partial charge in [0.1, 0.15) is 17.6 Å². The van der Waals surface area contributed by atoms with E-state index in [1.54, 1.807) is 55.6 Å². The standard InChI is InChI=1S/C20H21N3O4/c1-22-19(24)10-12-26-13-11-20(25)23-16-6-8-17(9-7-16)27-18-5-3-2-4-15(18)14-21/h2-9H,10-13H2,1H3,(H,22,24)(H,23,25). The first kappa shape index (κ1) is 19.9. The fourth-order valence-electron chi connectivity index (χ4n) is 2.16. The monoisotopic (exact) mass is 367 g/mol. The van der Waals surface area contributed by atoms with E-state index in [0.29, 0.717) is 22.7 Å². The van der Waals surface area contributed by atoms with E-state index in [9.17, 15) is 9.59 Å². The average Bonchev–Trinajstić information content (AvgIpc) is 2.69. The van der Waals surface area contributed by atoms with E-state index in [-0.39, 0.29) is 37.9 Å². The minimum Gasteiger partial charge on any atom is -0.456 e. The van der Waals surface area contributed by atoms with Gasteiger partial charge in [0.15, 0.2) is 0 Å². The zero-order chi connectivity index (χ0) is 19.5. The Balaban J connectivity index is 1.77. The summed E-state index contributed by atoms with van der Waals surface area (Å²) < 4.78 is 10.9. The van der Waals surface area contributed by atoms with Gasteiger partial charge in [0, 0.05) is 19.2 Å². The molecule has 2 aromatic rings. The second kappa shape index (κ2) is 10.6. The Morgan fingerprint density at radius 3 is 2.33 bits per heavy atom. The zero-order valence-corrected chi connectivity index (χ0v) is 15.0. The van der Waals surface area contributed by atoms with E-state index < -0.39 is 0 Å². The summed E-state index contributed by atoms with van der Waals surface area (Å²) in [6.45, 7) is 0.526. The van der Waals surface area contributed by atoms with Crippen LogP contribution in [0.15, 0.2) is 48.5 Å². The number of anilines is 1. The molecule has 2 amide bonds. The second-order valence-electron chi connectivity index (χ2n) is 5.57. The maximum Gasteiger partial charge on any atom is 0.226 e. The molecule has 0 spiro atoms. The number of hydrogen-bond acceptors (Lipinski definition) is 5. The van der Waals surface area contributed by atoms with Crippen LogP contribution in [-0.2, 0) is 14.3 Å². The third-order valence-corrected chi connectivity index (χ3v) is 3.60. The molecule has 2 rings (SSSR count). The molecule has 0 radical (unpaired) electrons. The summed E-state index contributed by atoms with van der Waals surface area (Å²) in [5, 5.41) is 14.3. The normalized spacial score (nSPS) is 9.93. The van der Waals surface area contributed by atoms with Gasteiger partial charge in [-0.3, -0.25) is 9.59 Å². The molecule has 0 bridgehead atoms. The molecule has 0 aliphatic heterocycles. The third-order valence-electron chi connectivity index (χ3n) is 3.60. The molecule has 0 heterocycles. The lowest BCUT2D eigenvalue weighted by Crippen LogP contribution is -2.20. The fourth-order valence-corrected chi connectivity index (χ4v) is 2.16. The Morgan fingerprint density at radius 2 is 1.67 bits per heavy atom. The highest BCUT2D eigenvalue weighted by Crippen LogP contribution is 2.25. The van der Waals surface area contributed by atoms with Crippen LogP contribution in [0.2, 0.25) is 0 Å². The Hall–Kier alpha value is -3.37. The van der Waals surface area contributed by atoms with Crippen molar-refractivity contribution in [3.8, 4) is 17.6 Å². The zero-order valence-electron chi connectivity index (χ0n) is 15.0. The first-order chi connectivity index (χ1) is 13.1. The fraction of sp³-hybridized carbons (Fsp3) is 0.250. The SMILES string of the molecule is CNC(=O)CCOCCC(=O)Nc1ccc(Oc2ccccc2C#N)cc1. The van der Waals surface area contributed by atoms with Crippen LogP contribution in [-0.4, -0.2) is 32.1 Å². The van der Waals surface area contributed by atoms with Crippen LogP contribution in [0.25, 0.3) is 0 Å². The highest BCUT2D eigenvalue weighted by Gasteiger charge is 2.06. The number of nitriles is 1. The topological polar surface area (TPSA) is 100 Å². The third kappa shape index (κ3) is 6.80. The summed E-state index contributed by atoms with van der Waals surface area (Å²) in [5.74, 6) is 0.761. The summed E-state index contributed by atoms with van der Waals surface area (Å²) in [4.78, 5) is 22.9. The van der Waals surface area contributed by atoms with Crippen molar-refractivity contribution in [2.24, 2.45) is 0 Å². The van der Waals surface area contributed by atoms with E-state index in [1.165, 1.54) is 0 Å². The van der Waals surface area contributed by atoms with Gasteiger partial charge in [-0.2, -0.15) is 5.26 Å². The first-order valence-corrected chi connectivity index (χ1v) is 8.47. The van der Waals surface area contributed by atoms with Gasteiger partial charge >= 0.3 is 0 Å². The number of nitrogens with zero attached hydrogens (tertiary/aromatic N) is 1. The van der Waals surface area contributed by atoms with Crippen molar-refractivity contribution in [2.45, 2.75) is 12.8 Å². The summed E-state index contributed by atoms with van der Waals surface area (Å²) in [5.41, 5.74) is 1.08. The molecule has 0 aromatic heterocycles. The number of carbonyl (C=O) groups excluding carboxylic acids is 2. The summed E-state index contributed by atoms with van der Waals surface area (Å²) in [6, 6.07) is 15.9. The van der Waals surface area contributed by atoms with Crippen molar-refractivity contribution in [3.05, 3.63) is 54.1 Å². The predicted molar refractivity (Wildman–Crippen MR) is 100 cm³/mol. The predicted octanol–water partition coefficient (Wildman–Crippen LogP) is 2.83. The van der Waals surface area contributed by atoms with Crippen LogP contribution in [0.4, 0.5) is 5.69 Å². The quantitative estimate of drug-likeness (QED) is 0.664. The van der Waals surface area contributed by atoms with Crippen molar-refractivity contribution in [1.82, 2.24) is 5.32 Å². The molecule has 27 heavy (non-hydrogen) atoms. The van der Waals surface area contributed by atoms with Crippen molar-refractivity contribution < 1.29 is 19.1 Å². The highest BCUT2D eigenvalue weighted by molar-refractivity contribution is 5.90. The lowest BCUT2D eigenvalue weighted by molar-refractivity contribution is -0.121. The van der Waals surface area contributed by atoms with Crippen LogP contribution in [0.1, 0.15) is 18.4 Å². The van der Waals surface area contributed by atoms with Gasteiger partial charge in [0.25, 0.3) is 0 Å². The summed E-state index contributed by atoms with van der Waals surface area (Å²) in [6.07, 6.45) is 0.468. The summed E-state index contributed by atoms with van der Waals surface area (Å²) in [7, 11) is 1.56. The van der Waals surface area contributed by atoms with E-state index in [4.69, 9.17) is 14.7 Å². The average molecular weight is 367 g/mol. The van der Waals surface area contributed by atoms with E-state index in [1.807, 2.05) is 0 Å². The number of nitrogens with one attached hydrogen (secondary N) is 2. The van der Waals surface area contributed by atoms with Gasteiger partial charge in [-0.1, -0.05) is 12.1 Å². The number of carbonyl (C=O) groups is 2. The molecule has 0 aliphatic rings. The Morgan fingerprint density at radius 1 is 1.00 bits per heavy atom. The maximum atomic E-state index is 11.9. The molecule has 0 unspecified atom stereocenters. The number of hydrogen-bond donors (Lipinski definition) is 2. The lowest BCUT2D eigenvalue weighted by atomic mass is 10.2. The number of benzene rings is 2. The molecule has 0 aliphatic carbocycles. The number of amides is 2. The van der Waals surface area contributed by atoms with Crippen molar-refractivity contribution in [1.29, 1.82) is 5.26 Å². The summed E-state index contributed by atoms with van der Waals surface area (Å²) >= 11 is 0. The van der Waals surface area contributed by atoms with Gasteiger partial charge < -0.3 is 20.1 Å². The Bertz CT molecular complexity index is 813. The van der Waals surface area contributed by atoms with Crippen LogP contribution in [0, 0.1) is 11.3 Å². The van der Waals surface area contributed by atoms with Crippen LogP contribution < -0.4 is 15.4 Å². The van der Waals surface area contributed by atoms with Crippen LogP contribution in [0.3, 0.4) is 0 Å². The molecule has 2 N–H and O–H groups in total. The number of rotatable bonds is 9. The molecular weight excluding hydrogens is 346 g/mol. The lowest BCUT2D eigenvalue weighted by Gasteiger charge is -2.09. The van der Waals surface area contributed by atoms with Gasteiger partial charge in [-0.25, -0.2) is 0 Å². The molecule has 0 saturated heterocycles. The molecule has 7 heteroatoms. The Kier molecular flexibility index (Phi) is 7.82. The van der Waals surface area contributed by atoms with Crippen LogP contribution >= 0.6 is 0 Å². The van der Waals surface area contributed by atoms with Crippen LogP contribution in [0.5, 0.6) is 11.5 Å². The molecule has 2 aromatic carbocycles. The molecular formula is C20H21N3O4. The van der Waals surface area contributed by atoms with Gasteiger partial charge in [0.05, 0.1) is 25.2 Å². The second-order valence-corrected chi connectivity index (χ2v) is 5.57. The molecule has 7 nitrogen and oxygen atoms in total. The number of ether oxygens (including phenoxy) is 2. The smallest absolute Gasteiger partial charge is 0.226 e. The van der Waals surface area contributed by atoms with E-state index in [0.717, 1.165) is 0 Å². The highest BCUT2D eigenvalue weighted by atomic mass is 16.5. The molecule has 0 atom stereocenters. The van der Waals surface area contributed by atoms with E-state index >= 15 is 0 Å². The minimum atomic E-state index is -0.182. The molecule has 0 fully saturated rings. The van der Waals surface area contributed by atoms with Gasteiger partial charge in [0.2, 0.25) is 11.8 Å². The minimum absolute atomic E-state index is 0.0980. The van der Waals surface area contributed by atoms with Crippen molar-refractivity contribution in [2.75, 3.05) is 25.6 Å². The first-order valence-electron chi connectivity index (χ1n) is 8.47. The number of para-hydroxylation sites is 1. The van der Waals surface area contributed by atoms with Gasteiger partial charge in [-0.05, 0) is 36.4 Å².